The third kappa shape index (κ3) is 3.59. The number of halogens is 5. The maximum Gasteiger partial charge on any atom is 0.417 e. The van der Waals surface area contributed by atoms with Crippen molar-refractivity contribution < 1.29 is 31.5 Å². The van der Waals surface area contributed by atoms with Crippen LogP contribution in [0.15, 0.2) is 35.3 Å². The van der Waals surface area contributed by atoms with E-state index in [0.717, 1.165) is 19.1 Å². The molecular weight excluding hydrogens is 485 g/mol. The number of rotatable bonds is 4. The number of nitrogens with one attached hydrogen (secondary N) is 1. The monoisotopic (exact) mass is 507 g/mol. The van der Waals surface area contributed by atoms with Crippen LogP contribution in [0.25, 0.3) is 10.9 Å². The predicted octanol–water partition coefficient (Wildman–Crippen LogP) is 4.99. The topological polar surface area (TPSA) is 98.1 Å². The van der Waals surface area contributed by atoms with Gasteiger partial charge >= 0.3 is 6.18 Å². The Morgan fingerprint density at radius 2 is 1.92 bits per heavy atom. The standard InChI is InChI=1S/C25H22F5N3O3/c1-10-17(12-5-6-13(26)20(27)18(12)11-3-4-11)22(36-24(10,2)25(28,29)30)15-9-16(34)19-14(33-15)7-8-32-21(19)23(31)35/h5-11,17,22H,3-4H2,1-2H3,(H2,31,35)(H,33,34)/t10-,17-,22-,24+/m0/s1. The average Bonchev–Trinajstić information content (AvgIpc) is 3.60. The van der Waals surface area contributed by atoms with Crippen LogP contribution in [0.3, 0.4) is 0 Å². The van der Waals surface area contributed by atoms with Crippen LogP contribution >= 0.6 is 0 Å². The van der Waals surface area contributed by atoms with Crippen molar-refractivity contribution in [1.82, 2.24) is 9.97 Å². The van der Waals surface area contributed by atoms with Gasteiger partial charge in [0.2, 0.25) is 0 Å². The number of carbonyl (C=O) groups is 1. The molecule has 3 aromatic rings. The highest BCUT2D eigenvalue weighted by Crippen LogP contribution is 2.60. The van der Waals surface area contributed by atoms with Gasteiger partial charge in [0.05, 0.1) is 10.9 Å². The van der Waals surface area contributed by atoms with Crippen LogP contribution in [-0.2, 0) is 4.74 Å². The third-order valence-corrected chi connectivity index (χ3v) is 7.48. The van der Waals surface area contributed by atoms with Gasteiger partial charge in [0.1, 0.15) is 11.8 Å². The minimum absolute atomic E-state index is 0.00502. The molecular formula is C25H22F5N3O3. The minimum Gasteiger partial charge on any atom is -0.364 e. The highest BCUT2D eigenvalue weighted by molar-refractivity contribution is 6.03. The Labute approximate surface area is 201 Å². The number of primary amides is 1. The number of aromatic nitrogens is 2. The van der Waals surface area contributed by atoms with Crippen molar-refractivity contribution in [3.8, 4) is 0 Å². The van der Waals surface area contributed by atoms with E-state index in [-0.39, 0.29) is 39.3 Å². The number of fused-ring (bicyclic) bond motifs is 1. The summed E-state index contributed by atoms with van der Waals surface area (Å²) in [4.78, 5) is 31.5. The van der Waals surface area contributed by atoms with Crippen molar-refractivity contribution in [3.63, 3.8) is 0 Å². The number of nitrogens with zero attached hydrogens (tertiary/aromatic N) is 1. The van der Waals surface area contributed by atoms with Gasteiger partial charge < -0.3 is 15.5 Å². The summed E-state index contributed by atoms with van der Waals surface area (Å²) in [7, 11) is 0. The van der Waals surface area contributed by atoms with Gasteiger partial charge in [-0.3, -0.25) is 14.6 Å². The van der Waals surface area contributed by atoms with E-state index in [9.17, 15) is 31.5 Å². The molecule has 0 radical (unpaired) electrons. The summed E-state index contributed by atoms with van der Waals surface area (Å²) >= 11 is 0. The molecule has 0 spiro atoms. The van der Waals surface area contributed by atoms with Crippen molar-refractivity contribution in [2.75, 3.05) is 0 Å². The molecule has 1 saturated carbocycles. The molecule has 1 amide bonds. The average molecular weight is 507 g/mol. The molecule has 1 aliphatic heterocycles. The van der Waals surface area contributed by atoms with Crippen LogP contribution < -0.4 is 11.2 Å². The lowest BCUT2D eigenvalue weighted by Gasteiger charge is -2.32. The maximum absolute atomic E-state index is 14.9. The minimum atomic E-state index is -4.79. The van der Waals surface area contributed by atoms with Crippen LogP contribution in [0.5, 0.6) is 0 Å². The third-order valence-electron chi connectivity index (χ3n) is 7.48. The van der Waals surface area contributed by atoms with Gasteiger partial charge in [-0.1, -0.05) is 13.0 Å². The van der Waals surface area contributed by atoms with E-state index < -0.39 is 52.7 Å². The number of benzene rings is 1. The van der Waals surface area contributed by atoms with Crippen LogP contribution in [0.1, 0.15) is 71.9 Å². The van der Waals surface area contributed by atoms with Gasteiger partial charge in [0, 0.05) is 29.8 Å². The number of H-pyrrole nitrogens is 1. The maximum atomic E-state index is 14.9. The predicted molar refractivity (Wildman–Crippen MR) is 119 cm³/mol. The molecule has 0 bridgehead atoms. The number of ether oxygens (including phenoxy) is 1. The summed E-state index contributed by atoms with van der Waals surface area (Å²) in [6.07, 6.45) is -3.73. The fourth-order valence-electron chi connectivity index (χ4n) is 5.28. The van der Waals surface area contributed by atoms with E-state index in [4.69, 9.17) is 10.5 Å². The van der Waals surface area contributed by atoms with Crippen molar-refractivity contribution >= 4 is 16.8 Å². The first-order valence-corrected chi connectivity index (χ1v) is 11.4. The molecule has 4 atom stereocenters. The molecule has 5 rings (SSSR count). The fraction of sp³-hybridized carbons (Fsp3) is 0.400. The second-order valence-electron chi connectivity index (χ2n) is 9.63. The fourth-order valence-corrected chi connectivity index (χ4v) is 5.28. The van der Waals surface area contributed by atoms with Gasteiger partial charge in [-0.2, -0.15) is 13.2 Å². The number of hydrogen-bond acceptors (Lipinski definition) is 4. The van der Waals surface area contributed by atoms with Gasteiger partial charge in [-0.25, -0.2) is 8.78 Å². The molecule has 1 saturated heterocycles. The van der Waals surface area contributed by atoms with Gasteiger partial charge in [0.25, 0.3) is 5.91 Å². The zero-order valence-corrected chi connectivity index (χ0v) is 19.2. The number of carbonyl (C=O) groups excluding carboxylic acids is 1. The molecule has 2 fully saturated rings. The lowest BCUT2D eigenvalue weighted by atomic mass is 9.75. The number of aromatic amines is 1. The Balaban J connectivity index is 1.74. The Morgan fingerprint density at radius 1 is 1.22 bits per heavy atom. The van der Waals surface area contributed by atoms with Crippen LogP contribution in [0, 0.1) is 17.6 Å². The molecule has 2 aromatic heterocycles. The number of alkyl halides is 3. The van der Waals surface area contributed by atoms with E-state index >= 15 is 0 Å². The zero-order valence-electron chi connectivity index (χ0n) is 19.2. The lowest BCUT2D eigenvalue weighted by Crippen LogP contribution is -2.46. The summed E-state index contributed by atoms with van der Waals surface area (Å²) in [5.41, 5.74) is 2.10. The highest BCUT2D eigenvalue weighted by Gasteiger charge is 2.65. The van der Waals surface area contributed by atoms with Crippen LogP contribution in [0.2, 0.25) is 0 Å². The second-order valence-corrected chi connectivity index (χ2v) is 9.63. The van der Waals surface area contributed by atoms with Gasteiger partial charge in [-0.05, 0) is 48.9 Å². The van der Waals surface area contributed by atoms with Crippen molar-refractivity contribution in [2.24, 2.45) is 11.7 Å². The van der Waals surface area contributed by atoms with Crippen molar-refractivity contribution in [3.05, 3.63) is 74.8 Å². The number of nitrogens with two attached hydrogens (primary N) is 1. The number of amides is 1. The zero-order chi connectivity index (χ0) is 26.2. The Hall–Kier alpha value is -3.34. The van der Waals surface area contributed by atoms with E-state index in [0.29, 0.717) is 12.8 Å². The molecule has 11 heteroatoms. The van der Waals surface area contributed by atoms with E-state index in [1.165, 1.54) is 25.3 Å². The largest absolute Gasteiger partial charge is 0.417 e. The van der Waals surface area contributed by atoms with Gasteiger partial charge in [0.15, 0.2) is 22.7 Å². The summed E-state index contributed by atoms with van der Waals surface area (Å²) in [5.74, 6) is -5.68. The molecule has 1 aliphatic carbocycles. The number of hydrogen-bond donors (Lipinski definition) is 2. The Bertz CT molecular complexity index is 1450. The summed E-state index contributed by atoms with van der Waals surface area (Å²) < 4.78 is 77.6. The first-order chi connectivity index (χ1) is 16.8. The number of pyridine rings is 2. The molecule has 1 aromatic carbocycles. The van der Waals surface area contributed by atoms with E-state index in [1.807, 2.05) is 0 Å². The Kier molecular flexibility index (Phi) is 5.47. The van der Waals surface area contributed by atoms with Crippen molar-refractivity contribution in [2.45, 2.75) is 56.4 Å². The summed E-state index contributed by atoms with van der Waals surface area (Å²) in [5, 5.41) is -0.110. The highest BCUT2D eigenvalue weighted by atomic mass is 19.4. The first-order valence-electron chi connectivity index (χ1n) is 11.4. The normalized spacial score (nSPS) is 26.5. The van der Waals surface area contributed by atoms with Crippen LogP contribution in [0.4, 0.5) is 22.0 Å². The molecule has 6 nitrogen and oxygen atoms in total. The quantitative estimate of drug-likeness (QED) is 0.486. The second kappa shape index (κ2) is 8.09. The first kappa shape index (κ1) is 24.4. The SMILES string of the molecule is C[C@H]1[C@@H](c2ccc(F)c(F)c2C2CC2)[C@H](c2cc(=O)c3c(C(N)=O)nccc3[nH]2)O[C@@]1(C)C(F)(F)F. The lowest BCUT2D eigenvalue weighted by molar-refractivity contribution is -0.275. The molecule has 36 heavy (non-hydrogen) atoms. The van der Waals surface area contributed by atoms with E-state index in [2.05, 4.69) is 9.97 Å². The summed E-state index contributed by atoms with van der Waals surface area (Å²) in [6.45, 7) is 2.26. The molecule has 3 heterocycles. The van der Waals surface area contributed by atoms with Crippen molar-refractivity contribution in [1.29, 1.82) is 0 Å². The van der Waals surface area contributed by atoms with E-state index in [1.54, 1.807) is 0 Å². The molecule has 190 valence electrons. The Morgan fingerprint density at radius 3 is 2.53 bits per heavy atom. The summed E-state index contributed by atoms with van der Waals surface area (Å²) in [6, 6.07) is 4.63. The molecule has 3 N–H and O–H groups in total. The smallest absolute Gasteiger partial charge is 0.364 e. The van der Waals surface area contributed by atoms with Crippen LogP contribution in [-0.4, -0.2) is 27.7 Å². The molecule has 0 unspecified atom stereocenters. The van der Waals surface area contributed by atoms with Gasteiger partial charge in [-0.15, -0.1) is 0 Å². The molecule has 2 aliphatic rings.